The molecule has 3 aromatic carbocycles. The molecule has 1 amide bonds. The second kappa shape index (κ2) is 9.58. The summed E-state index contributed by atoms with van der Waals surface area (Å²) >= 11 is 0. The SMILES string of the molecule is O=C(O)C(=O)c1cccc2c1CCCC2C(=O)NOC(c1ccccc1)c1ccccc1. The maximum atomic E-state index is 13.1. The van der Waals surface area contributed by atoms with Gasteiger partial charge in [-0.15, -0.1) is 0 Å². The fraction of sp³-hybridized carbons (Fsp3) is 0.192. The molecule has 1 aliphatic rings. The van der Waals surface area contributed by atoms with Crippen LogP contribution in [0.2, 0.25) is 0 Å². The maximum absolute atomic E-state index is 13.1. The van der Waals surface area contributed by atoms with Crippen molar-refractivity contribution >= 4 is 17.7 Å². The van der Waals surface area contributed by atoms with Gasteiger partial charge in [-0.1, -0.05) is 78.9 Å². The van der Waals surface area contributed by atoms with E-state index in [2.05, 4.69) is 5.48 Å². The van der Waals surface area contributed by atoms with E-state index in [9.17, 15) is 14.4 Å². The molecule has 0 fully saturated rings. The number of hydroxylamine groups is 1. The van der Waals surface area contributed by atoms with Crippen LogP contribution < -0.4 is 5.48 Å². The van der Waals surface area contributed by atoms with Crippen LogP contribution in [-0.2, 0) is 20.8 Å². The Hall–Kier alpha value is -3.77. The van der Waals surface area contributed by atoms with E-state index in [1.165, 1.54) is 6.07 Å². The first-order chi connectivity index (χ1) is 15.6. The number of carbonyl (C=O) groups excluding carboxylic acids is 2. The third-order valence-corrected chi connectivity index (χ3v) is 5.74. The number of aliphatic carboxylic acids is 1. The minimum atomic E-state index is -1.50. The monoisotopic (exact) mass is 429 g/mol. The molecule has 0 saturated heterocycles. The Bertz CT molecular complexity index is 1090. The largest absolute Gasteiger partial charge is 0.475 e. The van der Waals surface area contributed by atoms with Crippen molar-refractivity contribution in [2.75, 3.05) is 0 Å². The van der Waals surface area contributed by atoms with Gasteiger partial charge in [0.15, 0.2) is 0 Å². The molecule has 3 aromatic rings. The number of hydrogen-bond acceptors (Lipinski definition) is 4. The van der Waals surface area contributed by atoms with Crippen LogP contribution >= 0.6 is 0 Å². The molecule has 4 rings (SSSR count). The van der Waals surface area contributed by atoms with E-state index in [-0.39, 0.29) is 11.5 Å². The van der Waals surface area contributed by atoms with Crippen molar-refractivity contribution in [1.29, 1.82) is 0 Å². The molecule has 162 valence electrons. The van der Waals surface area contributed by atoms with E-state index >= 15 is 0 Å². The van der Waals surface area contributed by atoms with Crippen LogP contribution in [0, 0.1) is 0 Å². The smallest absolute Gasteiger partial charge is 0.377 e. The highest BCUT2D eigenvalue weighted by atomic mass is 16.7. The standard InChI is InChI=1S/C26H23NO5/c28-23(26(30)31)21-15-7-14-20-19(21)13-8-16-22(20)25(29)27-32-24(17-9-3-1-4-10-17)18-11-5-2-6-12-18/h1-7,9-12,14-15,22,24H,8,13,16H2,(H,27,29)(H,30,31). The summed E-state index contributed by atoms with van der Waals surface area (Å²) in [5.41, 5.74) is 5.89. The zero-order valence-electron chi connectivity index (χ0n) is 17.4. The van der Waals surface area contributed by atoms with Crippen LogP contribution in [-0.4, -0.2) is 22.8 Å². The van der Waals surface area contributed by atoms with E-state index < -0.39 is 23.8 Å². The molecule has 0 heterocycles. The molecular formula is C26H23NO5. The Labute approximate surface area is 185 Å². The Morgan fingerprint density at radius 2 is 1.50 bits per heavy atom. The van der Waals surface area contributed by atoms with Crippen molar-refractivity contribution in [3.8, 4) is 0 Å². The van der Waals surface area contributed by atoms with E-state index in [1.807, 2.05) is 60.7 Å². The average Bonchev–Trinajstić information content (AvgIpc) is 2.84. The first kappa shape index (κ1) is 21.5. The number of ketones is 1. The molecule has 0 radical (unpaired) electrons. The number of amides is 1. The van der Waals surface area contributed by atoms with Crippen molar-refractivity contribution in [3.05, 3.63) is 107 Å². The molecule has 0 bridgehead atoms. The maximum Gasteiger partial charge on any atom is 0.377 e. The highest BCUT2D eigenvalue weighted by Gasteiger charge is 2.31. The second-order valence-electron chi connectivity index (χ2n) is 7.74. The fourth-order valence-corrected chi connectivity index (χ4v) is 4.22. The molecular weight excluding hydrogens is 406 g/mol. The number of hydrogen-bond donors (Lipinski definition) is 2. The summed E-state index contributed by atoms with van der Waals surface area (Å²) < 4.78 is 0. The summed E-state index contributed by atoms with van der Waals surface area (Å²) in [5.74, 6) is -3.29. The topological polar surface area (TPSA) is 92.7 Å². The van der Waals surface area contributed by atoms with Gasteiger partial charge in [0, 0.05) is 5.56 Å². The van der Waals surface area contributed by atoms with Gasteiger partial charge in [-0.2, -0.15) is 0 Å². The number of rotatable bonds is 7. The minimum absolute atomic E-state index is 0.153. The van der Waals surface area contributed by atoms with Crippen molar-refractivity contribution < 1.29 is 24.3 Å². The summed E-state index contributed by atoms with van der Waals surface area (Å²) in [4.78, 5) is 42.3. The van der Waals surface area contributed by atoms with E-state index in [4.69, 9.17) is 9.94 Å². The number of carboxylic acids is 1. The van der Waals surface area contributed by atoms with Gasteiger partial charge in [0.1, 0.15) is 6.10 Å². The lowest BCUT2D eigenvalue weighted by Crippen LogP contribution is -2.33. The highest BCUT2D eigenvalue weighted by molar-refractivity contribution is 6.40. The van der Waals surface area contributed by atoms with Crippen LogP contribution in [0.3, 0.4) is 0 Å². The number of benzene rings is 3. The summed E-state index contributed by atoms with van der Waals surface area (Å²) in [5, 5.41) is 9.13. The molecule has 1 atom stereocenters. The second-order valence-corrected chi connectivity index (χ2v) is 7.74. The minimum Gasteiger partial charge on any atom is -0.475 e. The summed E-state index contributed by atoms with van der Waals surface area (Å²) in [7, 11) is 0. The van der Waals surface area contributed by atoms with Gasteiger partial charge in [0.25, 0.3) is 11.7 Å². The van der Waals surface area contributed by atoms with Gasteiger partial charge in [-0.3, -0.25) is 14.4 Å². The molecule has 2 N–H and O–H groups in total. The number of carbonyl (C=O) groups is 3. The molecule has 1 aliphatic carbocycles. The van der Waals surface area contributed by atoms with Gasteiger partial charge < -0.3 is 5.11 Å². The summed E-state index contributed by atoms with van der Waals surface area (Å²) in [6.45, 7) is 0. The third kappa shape index (κ3) is 4.45. The van der Waals surface area contributed by atoms with Gasteiger partial charge in [-0.25, -0.2) is 10.3 Å². The Kier molecular flexibility index (Phi) is 6.42. The Morgan fingerprint density at radius 1 is 0.875 bits per heavy atom. The van der Waals surface area contributed by atoms with Crippen LogP contribution in [0.4, 0.5) is 0 Å². The van der Waals surface area contributed by atoms with Crippen LogP contribution in [0.15, 0.2) is 78.9 Å². The predicted molar refractivity (Wildman–Crippen MR) is 118 cm³/mol. The van der Waals surface area contributed by atoms with E-state index in [1.54, 1.807) is 12.1 Å². The third-order valence-electron chi connectivity index (χ3n) is 5.74. The Balaban J connectivity index is 1.56. The van der Waals surface area contributed by atoms with Crippen molar-refractivity contribution in [2.45, 2.75) is 31.3 Å². The molecule has 6 nitrogen and oxygen atoms in total. The van der Waals surface area contributed by atoms with Crippen molar-refractivity contribution in [1.82, 2.24) is 5.48 Å². The fourth-order valence-electron chi connectivity index (χ4n) is 4.22. The van der Waals surface area contributed by atoms with E-state index in [0.29, 0.717) is 30.4 Å². The molecule has 0 spiro atoms. The van der Waals surface area contributed by atoms with Crippen LogP contribution in [0.1, 0.15) is 57.5 Å². The zero-order chi connectivity index (χ0) is 22.5. The molecule has 0 saturated carbocycles. The van der Waals surface area contributed by atoms with Gasteiger partial charge in [0.05, 0.1) is 5.92 Å². The van der Waals surface area contributed by atoms with Crippen molar-refractivity contribution in [2.24, 2.45) is 0 Å². The first-order valence-corrected chi connectivity index (χ1v) is 10.5. The molecule has 0 aliphatic heterocycles. The number of fused-ring (bicyclic) bond motifs is 1. The predicted octanol–water partition coefficient (Wildman–Crippen LogP) is 4.21. The zero-order valence-corrected chi connectivity index (χ0v) is 17.4. The highest BCUT2D eigenvalue weighted by Crippen LogP contribution is 2.34. The number of carboxylic acid groups (broad SMARTS) is 1. The van der Waals surface area contributed by atoms with Gasteiger partial charge in [-0.05, 0) is 41.5 Å². The Morgan fingerprint density at radius 3 is 2.09 bits per heavy atom. The first-order valence-electron chi connectivity index (χ1n) is 10.5. The summed E-state index contributed by atoms with van der Waals surface area (Å²) in [6, 6.07) is 24.1. The summed E-state index contributed by atoms with van der Waals surface area (Å²) in [6.07, 6.45) is 1.35. The van der Waals surface area contributed by atoms with Crippen molar-refractivity contribution in [3.63, 3.8) is 0 Å². The quantitative estimate of drug-likeness (QED) is 0.333. The van der Waals surface area contributed by atoms with Crippen LogP contribution in [0.25, 0.3) is 0 Å². The average molecular weight is 429 g/mol. The molecule has 1 unspecified atom stereocenters. The van der Waals surface area contributed by atoms with Gasteiger partial charge in [0.2, 0.25) is 0 Å². The molecule has 0 aromatic heterocycles. The number of Topliss-reactive ketones (excluding diaryl/α,β-unsaturated/α-hetero) is 1. The lowest BCUT2D eigenvalue weighted by Gasteiger charge is -2.27. The normalized spacial score (nSPS) is 15.1. The van der Waals surface area contributed by atoms with Gasteiger partial charge >= 0.3 is 5.97 Å². The lowest BCUT2D eigenvalue weighted by atomic mass is 9.79. The lowest BCUT2D eigenvalue weighted by molar-refractivity contribution is -0.139. The molecule has 32 heavy (non-hydrogen) atoms. The molecule has 6 heteroatoms. The van der Waals surface area contributed by atoms with E-state index in [0.717, 1.165) is 11.1 Å². The van der Waals surface area contributed by atoms with Crippen LogP contribution in [0.5, 0.6) is 0 Å². The number of nitrogens with one attached hydrogen (secondary N) is 1.